The number of halogens is 3. The molecule has 0 aromatic heterocycles. The van der Waals surface area contributed by atoms with Gasteiger partial charge in [-0.15, -0.1) is 11.6 Å². The minimum Gasteiger partial charge on any atom is -0.113 e. The highest BCUT2D eigenvalue weighted by atomic mass is 127. The smallest absolute Gasteiger partial charge is 0.0849 e. The summed E-state index contributed by atoms with van der Waals surface area (Å²) in [6.45, 7) is 4.21. The van der Waals surface area contributed by atoms with E-state index < -0.39 is 0 Å². The van der Waals surface area contributed by atoms with Crippen LogP contribution in [-0.2, 0) is 0 Å². The molecule has 0 spiro atoms. The molecule has 0 bridgehead atoms. The quantitative estimate of drug-likeness (QED) is 0.401. The Morgan fingerprint density at radius 1 is 1.06 bits per heavy atom. The second-order valence-corrected chi connectivity index (χ2v) is 6.92. The van der Waals surface area contributed by atoms with Crippen LogP contribution in [0.2, 0.25) is 0 Å². The third-order valence-electron chi connectivity index (χ3n) is 2.93. The molecular formula is C15H13BrClI. The largest absolute Gasteiger partial charge is 0.113 e. The van der Waals surface area contributed by atoms with Crippen LogP contribution >= 0.6 is 50.1 Å². The predicted octanol–water partition coefficient (Wildman–Crippen LogP) is 6.00. The fourth-order valence-corrected chi connectivity index (χ4v) is 3.53. The lowest BCUT2D eigenvalue weighted by Crippen LogP contribution is -1.98. The monoisotopic (exact) mass is 434 g/mol. The van der Waals surface area contributed by atoms with Gasteiger partial charge in [0.25, 0.3) is 0 Å². The maximum atomic E-state index is 6.63. The number of hydrogen-bond donors (Lipinski definition) is 0. The summed E-state index contributed by atoms with van der Waals surface area (Å²) < 4.78 is 2.25. The summed E-state index contributed by atoms with van der Waals surface area (Å²) >= 11 is 12.5. The number of rotatable bonds is 2. The molecule has 94 valence electrons. The first-order valence-corrected chi connectivity index (χ1v) is 7.96. The van der Waals surface area contributed by atoms with E-state index in [1.165, 1.54) is 20.3 Å². The van der Waals surface area contributed by atoms with E-state index >= 15 is 0 Å². The third-order valence-corrected chi connectivity index (χ3v) is 4.79. The second kappa shape index (κ2) is 5.93. The molecule has 0 fully saturated rings. The van der Waals surface area contributed by atoms with Gasteiger partial charge < -0.3 is 0 Å². The Balaban J connectivity index is 2.47. The van der Waals surface area contributed by atoms with Gasteiger partial charge in [0.15, 0.2) is 0 Å². The van der Waals surface area contributed by atoms with Crippen molar-refractivity contribution in [2.45, 2.75) is 19.2 Å². The van der Waals surface area contributed by atoms with Crippen LogP contribution in [0.4, 0.5) is 0 Å². The number of aryl methyl sites for hydroxylation is 2. The molecule has 3 heteroatoms. The summed E-state index contributed by atoms with van der Waals surface area (Å²) in [5.74, 6) is 0. The van der Waals surface area contributed by atoms with Gasteiger partial charge in [0, 0.05) is 8.04 Å². The first-order valence-electron chi connectivity index (χ1n) is 5.65. The summed E-state index contributed by atoms with van der Waals surface area (Å²) in [6.07, 6.45) is 0. The highest BCUT2D eigenvalue weighted by Crippen LogP contribution is 2.36. The van der Waals surface area contributed by atoms with E-state index in [4.69, 9.17) is 11.6 Å². The molecule has 2 aromatic rings. The van der Waals surface area contributed by atoms with E-state index in [1.807, 2.05) is 0 Å². The van der Waals surface area contributed by atoms with Crippen molar-refractivity contribution in [3.63, 3.8) is 0 Å². The van der Waals surface area contributed by atoms with Crippen LogP contribution in [-0.4, -0.2) is 0 Å². The molecule has 0 radical (unpaired) electrons. The molecule has 0 aliphatic heterocycles. The van der Waals surface area contributed by atoms with Crippen LogP contribution in [0.1, 0.15) is 27.6 Å². The van der Waals surface area contributed by atoms with E-state index in [0.29, 0.717) is 0 Å². The van der Waals surface area contributed by atoms with Gasteiger partial charge >= 0.3 is 0 Å². The van der Waals surface area contributed by atoms with Crippen LogP contribution in [0.25, 0.3) is 0 Å². The maximum Gasteiger partial charge on any atom is 0.0849 e. The second-order valence-electron chi connectivity index (χ2n) is 4.39. The zero-order chi connectivity index (χ0) is 13.3. The lowest BCUT2D eigenvalue weighted by molar-refractivity contribution is 1.09. The average Bonchev–Trinajstić information content (AvgIpc) is 2.31. The van der Waals surface area contributed by atoms with Gasteiger partial charge in [-0.3, -0.25) is 0 Å². The van der Waals surface area contributed by atoms with Gasteiger partial charge in [-0.05, 0) is 71.3 Å². The summed E-state index contributed by atoms with van der Waals surface area (Å²) in [5, 5.41) is -0.116. The first-order chi connectivity index (χ1) is 8.49. The van der Waals surface area contributed by atoms with Crippen molar-refractivity contribution in [3.05, 3.63) is 66.7 Å². The Labute approximate surface area is 135 Å². The standard InChI is InChI=1S/C15H13BrClI/c1-9-3-5-12(10(2)7-9)15(17)13-8-11(18)4-6-14(13)16/h3-8,15H,1-2H3. The van der Waals surface area contributed by atoms with E-state index in [9.17, 15) is 0 Å². The Bertz CT molecular complexity index is 581. The molecule has 0 heterocycles. The Kier molecular flexibility index (Phi) is 4.73. The molecule has 0 saturated heterocycles. The van der Waals surface area contributed by atoms with E-state index in [0.717, 1.165) is 10.0 Å². The average molecular weight is 436 g/mol. The van der Waals surface area contributed by atoms with Gasteiger partial charge in [0.2, 0.25) is 0 Å². The third kappa shape index (κ3) is 3.09. The van der Waals surface area contributed by atoms with Crippen molar-refractivity contribution in [3.8, 4) is 0 Å². The molecule has 2 aromatic carbocycles. The molecule has 0 aliphatic rings. The molecule has 0 amide bonds. The minimum atomic E-state index is -0.116. The lowest BCUT2D eigenvalue weighted by atomic mass is 9.98. The Morgan fingerprint density at radius 3 is 2.44 bits per heavy atom. The topological polar surface area (TPSA) is 0 Å². The minimum absolute atomic E-state index is 0.116. The summed E-state index contributed by atoms with van der Waals surface area (Å²) in [5.41, 5.74) is 4.79. The Hall–Kier alpha value is -0.0600. The van der Waals surface area contributed by atoms with Gasteiger partial charge in [0.05, 0.1) is 5.38 Å². The normalized spacial score (nSPS) is 12.5. The summed E-state index contributed by atoms with van der Waals surface area (Å²) in [6, 6.07) is 12.7. The van der Waals surface area contributed by atoms with Crippen molar-refractivity contribution in [2.75, 3.05) is 0 Å². The zero-order valence-corrected chi connectivity index (χ0v) is 14.7. The SMILES string of the molecule is Cc1ccc(C(Cl)c2cc(I)ccc2Br)c(C)c1. The van der Waals surface area contributed by atoms with Crippen molar-refractivity contribution in [1.82, 2.24) is 0 Å². The van der Waals surface area contributed by atoms with Crippen LogP contribution in [0, 0.1) is 17.4 Å². The van der Waals surface area contributed by atoms with E-state index in [1.54, 1.807) is 0 Å². The van der Waals surface area contributed by atoms with E-state index in [2.05, 4.69) is 88.8 Å². The first kappa shape index (κ1) is 14.4. The fourth-order valence-electron chi connectivity index (χ4n) is 1.99. The van der Waals surface area contributed by atoms with Crippen molar-refractivity contribution < 1.29 is 0 Å². The zero-order valence-electron chi connectivity index (χ0n) is 10.2. The number of benzene rings is 2. The van der Waals surface area contributed by atoms with Crippen LogP contribution < -0.4 is 0 Å². The van der Waals surface area contributed by atoms with Crippen LogP contribution in [0.5, 0.6) is 0 Å². The molecule has 0 nitrogen and oxygen atoms in total. The lowest BCUT2D eigenvalue weighted by Gasteiger charge is -2.15. The fraction of sp³-hybridized carbons (Fsp3) is 0.200. The molecule has 0 N–H and O–H groups in total. The van der Waals surface area contributed by atoms with Gasteiger partial charge in [-0.2, -0.15) is 0 Å². The molecular weight excluding hydrogens is 422 g/mol. The number of alkyl halides is 1. The molecule has 18 heavy (non-hydrogen) atoms. The summed E-state index contributed by atoms with van der Waals surface area (Å²) in [7, 11) is 0. The van der Waals surface area contributed by atoms with Crippen molar-refractivity contribution in [1.29, 1.82) is 0 Å². The molecule has 1 unspecified atom stereocenters. The highest BCUT2D eigenvalue weighted by Gasteiger charge is 2.16. The summed E-state index contributed by atoms with van der Waals surface area (Å²) in [4.78, 5) is 0. The van der Waals surface area contributed by atoms with Crippen LogP contribution in [0.15, 0.2) is 40.9 Å². The molecule has 1 atom stereocenters. The van der Waals surface area contributed by atoms with Crippen molar-refractivity contribution >= 4 is 50.1 Å². The van der Waals surface area contributed by atoms with Gasteiger partial charge in [-0.1, -0.05) is 39.7 Å². The molecule has 0 aliphatic carbocycles. The van der Waals surface area contributed by atoms with E-state index in [-0.39, 0.29) is 5.38 Å². The maximum absolute atomic E-state index is 6.63. The van der Waals surface area contributed by atoms with Crippen molar-refractivity contribution in [2.24, 2.45) is 0 Å². The molecule has 0 saturated carbocycles. The highest BCUT2D eigenvalue weighted by molar-refractivity contribution is 14.1. The van der Waals surface area contributed by atoms with Gasteiger partial charge in [0.1, 0.15) is 0 Å². The Morgan fingerprint density at radius 2 is 1.78 bits per heavy atom. The number of hydrogen-bond acceptors (Lipinski definition) is 0. The predicted molar refractivity (Wildman–Crippen MR) is 90.5 cm³/mol. The molecule has 2 rings (SSSR count). The van der Waals surface area contributed by atoms with Crippen LogP contribution in [0.3, 0.4) is 0 Å². The van der Waals surface area contributed by atoms with Gasteiger partial charge in [-0.25, -0.2) is 0 Å².